The monoisotopic (exact) mass is 378 g/mol. The molecule has 136 valence electrons. The molecule has 0 aromatic heterocycles. The van der Waals surface area contributed by atoms with E-state index in [4.69, 9.17) is 11.6 Å². The minimum absolute atomic E-state index is 0.179. The van der Waals surface area contributed by atoms with Crippen LogP contribution in [-0.4, -0.2) is 11.8 Å². The second-order valence-electron chi connectivity index (χ2n) is 6.34. The zero-order valence-corrected chi connectivity index (χ0v) is 15.8. The maximum absolute atomic E-state index is 12.4. The maximum atomic E-state index is 12.4. The number of hydrogen-bond donors (Lipinski definition) is 2. The van der Waals surface area contributed by atoms with E-state index < -0.39 is 0 Å². The van der Waals surface area contributed by atoms with E-state index in [2.05, 4.69) is 10.6 Å². The lowest BCUT2D eigenvalue weighted by Gasteiger charge is -2.09. The summed E-state index contributed by atoms with van der Waals surface area (Å²) in [4.78, 5) is 24.6. The number of aryl methyl sites for hydroxylation is 2. The molecule has 0 aliphatic rings. The number of nitrogens with one attached hydrogen (secondary N) is 2. The van der Waals surface area contributed by atoms with E-state index in [-0.39, 0.29) is 11.8 Å². The molecule has 3 rings (SSSR count). The Morgan fingerprint density at radius 2 is 1.33 bits per heavy atom. The van der Waals surface area contributed by atoms with Gasteiger partial charge >= 0.3 is 0 Å². The van der Waals surface area contributed by atoms with Crippen molar-refractivity contribution in [2.75, 3.05) is 10.6 Å². The molecule has 2 N–H and O–H groups in total. The standard InChI is InChI=1S/C22H19ClN2O2/c1-14-4-3-5-16(12-14)21(26)24-17-7-9-18(10-8-17)25-22(27)19-11-6-15(2)13-20(19)23/h3-13H,1-2H3,(H,24,26)(H,25,27). The summed E-state index contributed by atoms with van der Waals surface area (Å²) in [5.41, 5.74) is 4.29. The van der Waals surface area contributed by atoms with Gasteiger partial charge in [0.05, 0.1) is 10.6 Å². The van der Waals surface area contributed by atoms with E-state index in [0.717, 1.165) is 11.1 Å². The molecule has 5 heteroatoms. The van der Waals surface area contributed by atoms with E-state index in [1.165, 1.54) is 0 Å². The first-order chi connectivity index (χ1) is 12.9. The van der Waals surface area contributed by atoms with Crippen molar-refractivity contribution in [3.8, 4) is 0 Å². The van der Waals surface area contributed by atoms with Crippen LogP contribution in [0.15, 0.2) is 66.7 Å². The third-order valence-electron chi connectivity index (χ3n) is 4.05. The molecule has 0 aliphatic heterocycles. The van der Waals surface area contributed by atoms with Crippen LogP contribution in [0.4, 0.5) is 11.4 Å². The number of halogens is 1. The lowest BCUT2D eigenvalue weighted by Crippen LogP contribution is -2.13. The Morgan fingerprint density at radius 3 is 1.93 bits per heavy atom. The van der Waals surface area contributed by atoms with E-state index in [9.17, 15) is 9.59 Å². The van der Waals surface area contributed by atoms with Gasteiger partial charge in [-0.15, -0.1) is 0 Å². The van der Waals surface area contributed by atoms with Gasteiger partial charge in [-0.1, -0.05) is 35.4 Å². The Morgan fingerprint density at radius 1 is 0.741 bits per heavy atom. The molecule has 0 heterocycles. The quantitative estimate of drug-likeness (QED) is 0.633. The highest BCUT2D eigenvalue weighted by atomic mass is 35.5. The molecule has 0 saturated heterocycles. The van der Waals surface area contributed by atoms with Crippen molar-refractivity contribution >= 4 is 34.8 Å². The SMILES string of the molecule is Cc1cccc(C(=O)Nc2ccc(NC(=O)c3ccc(C)cc3Cl)cc2)c1. The molecule has 27 heavy (non-hydrogen) atoms. The fourth-order valence-corrected chi connectivity index (χ4v) is 2.95. The van der Waals surface area contributed by atoms with Crippen LogP contribution in [0.2, 0.25) is 5.02 Å². The first kappa shape index (κ1) is 18.7. The van der Waals surface area contributed by atoms with Crippen molar-refractivity contribution in [3.05, 3.63) is 94.0 Å². The van der Waals surface area contributed by atoms with Crippen LogP contribution in [0.3, 0.4) is 0 Å². The number of carbonyl (C=O) groups is 2. The minimum atomic E-state index is -0.281. The summed E-state index contributed by atoms with van der Waals surface area (Å²) in [5.74, 6) is -0.460. The molecule has 4 nitrogen and oxygen atoms in total. The fraction of sp³-hybridized carbons (Fsp3) is 0.0909. The lowest BCUT2D eigenvalue weighted by atomic mass is 10.1. The number of carbonyl (C=O) groups excluding carboxylic acids is 2. The van der Waals surface area contributed by atoms with Crippen molar-refractivity contribution < 1.29 is 9.59 Å². The lowest BCUT2D eigenvalue weighted by molar-refractivity contribution is 0.101. The van der Waals surface area contributed by atoms with Gasteiger partial charge < -0.3 is 10.6 Å². The Kier molecular flexibility index (Phi) is 5.57. The molecule has 3 aromatic rings. The second kappa shape index (κ2) is 8.06. The third-order valence-corrected chi connectivity index (χ3v) is 4.36. The Bertz CT molecular complexity index is 997. The highest BCUT2D eigenvalue weighted by molar-refractivity contribution is 6.34. The second-order valence-corrected chi connectivity index (χ2v) is 6.75. The van der Waals surface area contributed by atoms with Gasteiger partial charge in [-0.3, -0.25) is 9.59 Å². The molecule has 0 unspecified atom stereocenters. The average molecular weight is 379 g/mol. The minimum Gasteiger partial charge on any atom is -0.322 e. The average Bonchev–Trinajstić information content (AvgIpc) is 2.63. The van der Waals surface area contributed by atoms with Crippen LogP contribution in [0, 0.1) is 13.8 Å². The Hall–Kier alpha value is -3.11. The van der Waals surface area contributed by atoms with E-state index in [0.29, 0.717) is 27.5 Å². The predicted molar refractivity (Wildman–Crippen MR) is 110 cm³/mol. The van der Waals surface area contributed by atoms with Crippen molar-refractivity contribution in [1.82, 2.24) is 0 Å². The molecule has 0 bridgehead atoms. The number of amides is 2. The molecule has 3 aromatic carbocycles. The molecular weight excluding hydrogens is 360 g/mol. The smallest absolute Gasteiger partial charge is 0.257 e. The summed E-state index contributed by atoms with van der Waals surface area (Å²) in [5, 5.41) is 6.05. The van der Waals surface area contributed by atoms with Crippen LogP contribution in [-0.2, 0) is 0 Å². The van der Waals surface area contributed by atoms with Crippen molar-refractivity contribution in [2.45, 2.75) is 13.8 Å². The van der Waals surface area contributed by atoms with Gasteiger partial charge in [-0.2, -0.15) is 0 Å². The van der Waals surface area contributed by atoms with Gasteiger partial charge in [-0.05, 0) is 67.9 Å². The van der Waals surface area contributed by atoms with Crippen LogP contribution in [0.5, 0.6) is 0 Å². The summed E-state index contributed by atoms with van der Waals surface area (Å²) in [6.45, 7) is 3.85. The largest absolute Gasteiger partial charge is 0.322 e. The van der Waals surface area contributed by atoms with Gasteiger partial charge in [-0.25, -0.2) is 0 Å². The molecule has 0 radical (unpaired) electrons. The van der Waals surface area contributed by atoms with Crippen molar-refractivity contribution in [1.29, 1.82) is 0 Å². The van der Waals surface area contributed by atoms with Crippen molar-refractivity contribution in [2.24, 2.45) is 0 Å². The third kappa shape index (κ3) is 4.74. The molecular formula is C22H19ClN2O2. The summed E-state index contributed by atoms with van der Waals surface area (Å²) >= 11 is 6.13. The molecule has 0 spiro atoms. The number of hydrogen-bond acceptors (Lipinski definition) is 2. The number of anilines is 2. The zero-order chi connectivity index (χ0) is 19.4. The molecule has 2 amide bonds. The van der Waals surface area contributed by atoms with Crippen LogP contribution in [0.25, 0.3) is 0 Å². The van der Waals surface area contributed by atoms with Crippen LogP contribution in [0.1, 0.15) is 31.8 Å². The summed E-state index contributed by atoms with van der Waals surface area (Å²) in [6.07, 6.45) is 0. The van der Waals surface area contributed by atoms with Gasteiger partial charge in [0.1, 0.15) is 0 Å². The molecule has 0 fully saturated rings. The van der Waals surface area contributed by atoms with Crippen LogP contribution >= 0.6 is 11.6 Å². The first-order valence-corrected chi connectivity index (χ1v) is 8.86. The van der Waals surface area contributed by atoms with Gasteiger partial charge in [0.15, 0.2) is 0 Å². The highest BCUT2D eigenvalue weighted by Crippen LogP contribution is 2.20. The normalized spacial score (nSPS) is 10.3. The molecule has 0 saturated carbocycles. The Labute approximate surface area is 163 Å². The summed E-state index contributed by atoms with van der Waals surface area (Å²) in [7, 11) is 0. The molecule has 0 atom stereocenters. The zero-order valence-electron chi connectivity index (χ0n) is 15.0. The van der Waals surface area contributed by atoms with Crippen LogP contribution < -0.4 is 10.6 Å². The number of benzene rings is 3. The predicted octanol–water partition coefficient (Wildman–Crippen LogP) is 5.46. The van der Waals surface area contributed by atoms with E-state index >= 15 is 0 Å². The first-order valence-electron chi connectivity index (χ1n) is 8.48. The summed E-state index contributed by atoms with van der Waals surface area (Å²) in [6, 6.07) is 19.6. The van der Waals surface area contributed by atoms with Gasteiger partial charge in [0, 0.05) is 16.9 Å². The van der Waals surface area contributed by atoms with Gasteiger partial charge in [0.2, 0.25) is 0 Å². The fourth-order valence-electron chi connectivity index (χ4n) is 2.63. The van der Waals surface area contributed by atoms with E-state index in [1.54, 1.807) is 42.5 Å². The maximum Gasteiger partial charge on any atom is 0.257 e. The van der Waals surface area contributed by atoms with Crippen molar-refractivity contribution in [3.63, 3.8) is 0 Å². The molecule has 0 aliphatic carbocycles. The topological polar surface area (TPSA) is 58.2 Å². The number of rotatable bonds is 4. The Balaban J connectivity index is 1.66. The van der Waals surface area contributed by atoms with E-state index in [1.807, 2.05) is 38.1 Å². The summed E-state index contributed by atoms with van der Waals surface area (Å²) < 4.78 is 0. The highest BCUT2D eigenvalue weighted by Gasteiger charge is 2.11. The van der Waals surface area contributed by atoms with Gasteiger partial charge in [0.25, 0.3) is 11.8 Å².